The monoisotopic (exact) mass is 310 g/mol. The van der Waals surface area contributed by atoms with E-state index >= 15 is 0 Å². The Kier molecular flexibility index (Phi) is 3.89. The molecule has 1 fully saturated rings. The highest BCUT2D eigenvalue weighted by Gasteiger charge is 2.21. The lowest BCUT2D eigenvalue weighted by Gasteiger charge is -2.23. The van der Waals surface area contributed by atoms with Crippen LogP contribution in [0.4, 0.5) is 10.7 Å². The first-order valence-electron chi connectivity index (χ1n) is 6.69. The van der Waals surface area contributed by atoms with E-state index in [9.17, 15) is 4.79 Å². The Labute approximate surface area is 125 Å². The van der Waals surface area contributed by atoms with Crippen LogP contribution in [0.2, 0.25) is 5.15 Å². The highest BCUT2D eigenvalue weighted by atomic mass is 35.5. The standard InChI is InChI=1S/C12H15ClN6O2/c1-14-12(20)18-11-16-9(13)8-10(17-11)19(6-15-8)7-4-2-3-5-21-7/h6-7H,2-5H2,1H3,(H2,14,16,17,18,20). The summed E-state index contributed by atoms with van der Waals surface area (Å²) in [6, 6.07) is -0.412. The van der Waals surface area contributed by atoms with E-state index in [4.69, 9.17) is 16.3 Å². The third-order valence-corrected chi connectivity index (χ3v) is 3.56. The summed E-state index contributed by atoms with van der Waals surface area (Å²) in [4.78, 5) is 23.9. The zero-order valence-corrected chi connectivity index (χ0v) is 12.2. The maximum atomic E-state index is 11.4. The molecule has 1 saturated heterocycles. The summed E-state index contributed by atoms with van der Waals surface area (Å²) in [6.07, 6.45) is 4.58. The second-order valence-corrected chi connectivity index (χ2v) is 5.05. The maximum absolute atomic E-state index is 11.4. The molecule has 1 atom stereocenters. The molecule has 9 heteroatoms. The zero-order chi connectivity index (χ0) is 14.8. The van der Waals surface area contributed by atoms with Crippen molar-refractivity contribution in [1.82, 2.24) is 24.8 Å². The fraction of sp³-hybridized carbons (Fsp3) is 0.500. The fourth-order valence-corrected chi connectivity index (χ4v) is 2.47. The molecule has 21 heavy (non-hydrogen) atoms. The number of nitrogens with one attached hydrogen (secondary N) is 2. The van der Waals surface area contributed by atoms with Crippen LogP contribution >= 0.6 is 11.6 Å². The number of amides is 2. The number of anilines is 1. The van der Waals surface area contributed by atoms with Crippen LogP contribution in [0.15, 0.2) is 6.33 Å². The fourth-order valence-electron chi connectivity index (χ4n) is 2.26. The zero-order valence-electron chi connectivity index (χ0n) is 11.5. The van der Waals surface area contributed by atoms with Crippen molar-refractivity contribution in [2.45, 2.75) is 25.5 Å². The third-order valence-electron chi connectivity index (χ3n) is 3.30. The first-order chi connectivity index (χ1) is 10.2. The Bertz CT molecular complexity index is 667. The summed E-state index contributed by atoms with van der Waals surface area (Å²) < 4.78 is 7.56. The minimum absolute atomic E-state index is 0.109. The van der Waals surface area contributed by atoms with Crippen LogP contribution in [0.5, 0.6) is 0 Å². The van der Waals surface area contributed by atoms with Gasteiger partial charge in [0.25, 0.3) is 0 Å². The Morgan fingerprint density at radius 1 is 1.48 bits per heavy atom. The number of carbonyl (C=O) groups excluding carboxylic acids is 1. The number of aromatic nitrogens is 4. The number of fused-ring (bicyclic) bond motifs is 1. The van der Waals surface area contributed by atoms with Gasteiger partial charge in [-0.1, -0.05) is 11.6 Å². The Hall–Kier alpha value is -1.93. The van der Waals surface area contributed by atoms with Crippen LogP contribution in [0.25, 0.3) is 11.2 Å². The van der Waals surface area contributed by atoms with Gasteiger partial charge >= 0.3 is 6.03 Å². The second kappa shape index (κ2) is 5.82. The molecular weight excluding hydrogens is 296 g/mol. The molecule has 1 unspecified atom stereocenters. The number of hydrogen-bond donors (Lipinski definition) is 2. The molecule has 0 saturated carbocycles. The summed E-state index contributed by atoms with van der Waals surface area (Å²) >= 11 is 6.10. The van der Waals surface area contributed by atoms with Crippen molar-refractivity contribution in [3.8, 4) is 0 Å². The lowest BCUT2D eigenvalue weighted by atomic mass is 10.2. The third kappa shape index (κ3) is 2.77. The van der Waals surface area contributed by atoms with E-state index < -0.39 is 6.03 Å². The average molecular weight is 311 g/mol. The van der Waals surface area contributed by atoms with Gasteiger partial charge in [0.2, 0.25) is 5.95 Å². The lowest BCUT2D eigenvalue weighted by Crippen LogP contribution is -2.25. The molecule has 0 aromatic carbocycles. The van der Waals surface area contributed by atoms with Gasteiger partial charge in [-0.2, -0.15) is 9.97 Å². The average Bonchev–Trinajstić information content (AvgIpc) is 2.92. The predicted octanol–water partition coefficient (Wildman–Crippen LogP) is 1.93. The molecule has 0 aliphatic carbocycles. The predicted molar refractivity (Wildman–Crippen MR) is 77.3 cm³/mol. The van der Waals surface area contributed by atoms with Crippen LogP contribution in [0.3, 0.4) is 0 Å². The van der Waals surface area contributed by atoms with E-state index in [1.54, 1.807) is 6.33 Å². The van der Waals surface area contributed by atoms with Gasteiger partial charge in [-0.3, -0.25) is 9.88 Å². The van der Waals surface area contributed by atoms with Crippen LogP contribution in [-0.4, -0.2) is 39.2 Å². The van der Waals surface area contributed by atoms with Crippen LogP contribution < -0.4 is 10.6 Å². The molecule has 8 nitrogen and oxygen atoms in total. The van der Waals surface area contributed by atoms with Crippen LogP contribution in [-0.2, 0) is 4.74 Å². The first-order valence-corrected chi connectivity index (χ1v) is 7.07. The molecule has 1 aliphatic heterocycles. The summed E-state index contributed by atoms with van der Waals surface area (Å²) in [7, 11) is 1.51. The molecule has 3 heterocycles. The normalized spacial score (nSPS) is 18.7. The summed E-state index contributed by atoms with van der Waals surface area (Å²) in [6.45, 7) is 0.715. The van der Waals surface area contributed by atoms with Gasteiger partial charge in [0.05, 0.1) is 6.33 Å². The maximum Gasteiger partial charge on any atom is 0.321 e. The quantitative estimate of drug-likeness (QED) is 0.827. The molecule has 1 aliphatic rings. The van der Waals surface area contributed by atoms with Gasteiger partial charge in [0.15, 0.2) is 10.8 Å². The van der Waals surface area contributed by atoms with Gasteiger partial charge in [-0.25, -0.2) is 9.78 Å². The van der Waals surface area contributed by atoms with Crippen molar-refractivity contribution in [2.75, 3.05) is 19.0 Å². The Morgan fingerprint density at radius 2 is 2.33 bits per heavy atom. The molecule has 0 spiro atoms. The summed E-state index contributed by atoms with van der Waals surface area (Å²) in [5.41, 5.74) is 1.04. The Morgan fingerprint density at radius 3 is 3.05 bits per heavy atom. The van der Waals surface area contributed by atoms with Gasteiger partial charge in [-0.05, 0) is 19.3 Å². The van der Waals surface area contributed by atoms with Crippen molar-refractivity contribution in [3.63, 3.8) is 0 Å². The number of rotatable bonds is 2. The number of urea groups is 1. The molecule has 0 radical (unpaired) electrons. The molecular formula is C12H15ClN6O2. The molecule has 0 bridgehead atoms. The smallest absolute Gasteiger partial charge is 0.321 e. The topological polar surface area (TPSA) is 94.0 Å². The van der Waals surface area contributed by atoms with Gasteiger partial charge < -0.3 is 10.1 Å². The van der Waals surface area contributed by atoms with E-state index in [0.29, 0.717) is 17.8 Å². The minimum Gasteiger partial charge on any atom is -0.358 e. The second-order valence-electron chi connectivity index (χ2n) is 4.69. The van der Waals surface area contributed by atoms with Crippen molar-refractivity contribution in [3.05, 3.63) is 11.5 Å². The molecule has 2 aromatic heterocycles. The lowest BCUT2D eigenvalue weighted by molar-refractivity contribution is -0.0298. The number of hydrogen-bond acceptors (Lipinski definition) is 5. The molecule has 2 aromatic rings. The van der Waals surface area contributed by atoms with Crippen molar-refractivity contribution in [2.24, 2.45) is 0 Å². The van der Waals surface area contributed by atoms with Crippen molar-refractivity contribution < 1.29 is 9.53 Å². The SMILES string of the molecule is CNC(=O)Nc1nc(Cl)c2ncn(C3CCCCO3)c2n1. The van der Waals surface area contributed by atoms with E-state index in [2.05, 4.69) is 25.6 Å². The largest absolute Gasteiger partial charge is 0.358 e. The van der Waals surface area contributed by atoms with E-state index in [0.717, 1.165) is 19.3 Å². The van der Waals surface area contributed by atoms with E-state index in [1.807, 2.05) is 4.57 Å². The molecule has 2 amide bonds. The summed E-state index contributed by atoms with van der Waals surface area (Å²) in [5, 5.41) is 5.13. The number of carbonyl (C=O) groups is 1. The number of ether oxygens (including phenoxy) is 1. The van der Waals surface area contributed by atoms with Gasteiger partial charge in [0.1, 0.15) is 11.7 Å². The number of halogens is 1. The molecule has 2 N–H and O–H groups in total. The Balaban J connectivity index is 1.99. The molecule has 112 valence electrons. The van der Waals surface area contributed by atoms with Crippen LogP contribution in [0, 0.1) is 0 Å². The first kappa shape index (κ1) is 14.0. The number of imidazole rings is 1. The molecule has 3 rings (SSSR count). The van der Waals surface area contributed by atoms with Crippen LogP contribution in [0.1, 0.15) is 25.5 Å². The highest BCUT2D eigenvalue weighted by Crippen LogP contribution is 2.28. The van der Waals surface area contributed by atoms with Crippen molar-refractivity contribution in [1.29, 1.82) is 0 Å². The van der Waals surface area contributed by atoms with E-state index in [-0.39, 0.29) is 17.3 Å². The summed E-state index contributed by atoms with van der Waals surface area (Å²) in [5.74, 6) is 0.129. The minimum atomic E-state index is -0.412. The highest BCUT2D eigenvalue weighted by molar-refractivity contribution is 6.33. The number of nitrogens with zero attached hydrogens (tertiary/aromatic N) is 4. The van der Waals surface area contributed by atoms with E-state index in [1.165, 1.54) is 7.05 Å². The van der Waals surface area contributed by atoms with Gasteiger partial charge in [0, 0.05) is 13.7 Å². The van der Waals surface area contributed by atoms with Gasteiger partial charge in [-0.15, -0.1) is 0 Å². The van der Waals surface area contributed by atoms with Crippen molar-refractivity contribution >= 4 is 34.7 Å².